The average molecular weight is 280 g/mol. The number of nitrogens with one attached hydrogen (secondary N) is 1. The molecule has 106 valence electrons. The Morgan fingerprint density at radius 3 is 2.86 bits per heavy atom. The second-order valence-electron chi connectivity index (χ2n) is 4.81. The summed E-state index contributed by atoms with van der Waals surface area (Å²) >= 11 is 0. The second-order valence-corrected chi connectivity index (χ2v) is 4.81. The molecular weight excluding hydrogens is 264 g/mol. The van der Waals surface area contributed by atoms with Crippen LogP contribution >= 0.6 is 0 Å². The minimum atomic E-state index is -0.129. The van der Waals surface area contributed by atoms with Gasteiger partial charge in [-0.05, 0) is 30.7 Å². The molecule has 4 nitrogen and oxygen atoms in total. The SMILES string of the molecule is CCCOc1cccc(-c2nc3ccccc3c(=O)[nH]2)c1. The average Bonchev–Trinajstić information content (AvgIpc) is 2.53. The molecule has 1 aromatic heterocycles. The van der Waals surface area contributed by atoms with Crippen LogP contribution in [0.25, 0.3) is 22.3 Å². The van der Waals surface area contributed by atoms with Gasteiger partial charge in [-0.3, -0.25) is 4.79 Å². The molecule has 21 heavy (non-hydrogen) atoms. The molecule has 0 amide bonds. The molecule has 0 radical (unpaired) electrons. The molecule has 0 saturated heterocycles. The first-order valence-corrected chi connectivity index (χ1v) is 7.00. The second kappa shape index (κ2) is 5.79. The molecular formula is C17H16N2O2. The van der Waals surface area contributed by atoms with Crippen molar-refractivity contribution in [2.24, 2.45) is 0 Å². The van der Waals surface area contributed by atoms with E-state index in [-0.39, 0.29) is 5.56 Å². The van der Waals surface area contributed by atoms with E-state index < -0.39 is 0 Å². The summed E-state index contributed by atoms with van der Waals surface area (Å²) in [4.78, 5) is 19.4. The summed E-state index contributed by atoms with van der Waals surface area (Å²) in [6.07, 6.45) is 0.954. The third-order valence-corrected chi connectivity index (χ3v) is 3.19. The highest BCUT2D eigenvalue weighted by Crippen LogP contribution is 2.21. The third-order valence-electron chi connectivity index (χ3n) is 3.19. The van der Waals surface area contributed by atoms with Crippen molar-refractivity contribution in [3.05, 3.63) is 58.9 Å². The summed E-state index contributed by atoms with van der Waals surface area (Å²) in [5.74, 6) is 1.34. The Morgan fingerprint density at radius 2 is 2.00 bits per heavy atom. The first-order valence-electron chi connectivity index (χ1n) is 7.00. The van der Waals surface area contributed by atoms with Crippen LogP contribution in [0.4, 0.5) is 0 Å². The summed E-state index contributed by atoms with van der Waals surface area (Å²) < 4.78 is 5.62. The van der Waals surface area contributed by atoms with Crippen LogP contribution < -0.4 is 10.3 Å². The number of H-pyrrole nitrogens is 1. The van der Waals surface area contributed by atoms with Crippen molar-refractivity contribution in [2.45, 2.75) is 13.3 Å². The van der Waals surface area contributed by atoms with Gasteiger partial charge < -0.3 is 9.72 Å². The summed E-state index contributed by atoms with van der Waals surface area (Å²) in [6, 6.07) is 14.9. The van der Waals surface area contributed by atoms with E-state index in [1.54, 1.807) is 6.07 Å². The van der Waals surface area contributed by atoms with Crippen LogP contribution in [-0.2, 0) is 0 Å². The molecule has 0 aliphatic carbocycles. The van der Waals surface area contributed by atoms with Crippen LogP contribution in [0.15, 0.2) is 53.3 Å². The molecule has 4 heteroatoms. The zero-order chi connectivity index (χ0) is 14.7. The number of aromatic amines is 1. The van der Waals surface area contributed by atoms with Gasteiger partial charge in [-0.1, -0.05) is 31.2 Å². The van der Waals surface area contributed by atoms with Crippen LogP contribution in [0.5, 0.6) is 5.75 Å². The van der Waals surface area contributed by atoms with Crippen LogP contribution in [0.3, 0.4) is 0 Å². The number of hydrogen-bond donors (Lipinski definition) is 1. The van der Waals surface area contributed by atoms with E-state index in [1.165, 1.54) is 0 Å². The number of para-hydroxylation sites is 1. The molecule has 0 atom stereocenters. The van der Waals surface area contributed by atoms with E-state index >= 15 is 0 Å². The minimum absolute atomic E-state index is 0.129. The van der Waals surface area contributed by atoms with E-state index in [0.717, 1.165) is 17.7 Å². The lowest BCUT2D eigenvalue weighted by Gasteiger charge is -2.07. The Balaban J connectivity index is 2.06. The maximum atomic E-state index is 12.1. The molecule has 1 N–H and O–H groups in total. The first-order chi connectivity index (χ1) is 10.3. The summed E-state index contributed by atoms with van der Waals surface area (Å²) in [6.45, 7) is 2.73. The molecule has 0 fully saturated rings. The molecule has 3 aromatic rings. The van der Waals surface area contributed by atoms with E-state index in [2.05, 4.69) is 16.9 Å². The monoisotopic (exact) mass is 280 g/mol. The van der Waals surface area contributed by atoms with Crippen molar-refractivity contribution in [3.63, 3.8) is 0 Å². The highest BCUT2D eigenvalue weighted by Gasteiger charge is 2.06. The van der Waals surface area contributed by atoms with Gasteiger partial charge in [-0.2, -0.15) is 0 Å². The summed E-state index contributed by atoms with van der Waals surface area (Å²) in [7, 11) is 0. The van der Waals surface area contributed by atoms with E-state index in [0.29, 0.717) is 23.3 Å². The van der Waals surface area contributed by atoms with Crippen molar-refractivity contribution in [2.75, 3.05) is 6.61 Å². The van der Waals surface area contributed by atoms with Gasteiger partial charge in [-0.25, -0.2) is 4.98 Å². The lowest BCUT2D eigenvalue weighted by Crippen LogP contribution is -2.09. The largest absolute Gasteiger partial charge is 0.494 e. The number of benzene rings is 2. The smallest absolute Gasteiger partial charge is 0.259 e. The molecule has 0 unspecified atom stereocenters. The zero-order valence-corrected chi connectivity index (χ0v) is 11.8. The maximum absolute atomic E-state index is 12.1. The molecule has 0 aliphatic rings. The van der Waals surface area contributed by atoms with Gasteiger partial charge in [0, 0.05) is 5.56 Å². The fourth-order valence-electron chi connectivity index (χ4n) is 2.18. The highest BCUT2D eigenvalue weighted by molar-refractivity contribution is 5.79. The topological polar surface area (TPSA) is 55.0 Å². The molecule has 0 saturated carbocycles. The Hall–Kier alpha value is -2.62. The van der Waals surface area contributed by atoms with Crippen molar-refractivity contribution >= 4 is 10.9 Å². The fraction of sp³-hybridized carbons (Fsp3) is 0.176. The molecule has 3 rings (SSSR count). The molecule has 1 heterocycles. The van der Waals surface area contributed by atoms with Gasteiger partial charge in [0.15, 0.2) is 0 Å². The zero-order valence-electron chi connectivity index (χ0n) is 11.8. The van der Waals surface area contributed by atoms with Gasteiger partial charge >= 0.3 is 0 Å². The van der Waals surface area contributed by atoms with E-state index in [9.17, 15) is 4.79 Å². The maximum Gasteiger partial charge on any atom is 0.259 e. The predicted molar refractivity (Wildman–Crippen MR) is 83.6 cm³/mol. The standard InChI is InChI=1S/C17H16N2O2/c1-2-10-21-13-7-5-6-12(11-13)16-18-15-9-4-3-8-14(15)17(20)19-16/h3-9,11H,2,10H2,1H3,(H,18,19,20). The first kappa shape index (κ1) is 13.4. The van der Waals surface area contributed by atoms with Crippen molar-refractivity contribution in [1.82, 2.24) is 9.97 Å². The Morgan fingerprint density at radius 1 is 1.14 bits per heavy atom. The van der Waals surface area contributed by atoms with Crippen LogP contribution in [0, 0.1) is 0 Å². The summed E-state index contributed by atoms with van der Waals surface area (Å²) in [5.41, 5.74) is 1.40. The quantitative estimate of drug-likeness (QED) is 0.797. The summed E-state index contributed by atoms with van der Waals surface area (Å²) in [5, 5.41) is 0.597. The Kier molecular flexibility index (Phi) is 3.69. The Bertz CT molecular complexity index is 824. The Labute approximate surface area is 122 Å². The van der Waals surface area contributed by atoms with Crippen molar-refractivity contribution < 1.29 is 4.74 Å². The van der Waals surface area contributed by atoms with Crippen molar-refractivity contribution in [1.29, 1.82) is 0 Å². The van der Waals surface area contributed by atoms with Gasteiger partial charge in [-0.15, -0.1) is 0 Å². The normalized spacial score (nSPS) is 10.7. The number of hydrogen-bond acceptors (Lipinski definition) is 3. The highest BCUT2D eigenvalue weighted by atomic mass is 16.5. The van der Waals surface area contributed by atoms with Crippen molar-refractivity contribution in [3.8, 4) is 17.1 Å². The predicted octanol–water partition coefficient (Wildman–Crippen LogP) is 3.38. The number of rotatable bonds is 4. The number of ether oxygens (including phenoxy) is 1. The number of fused-ring (bicyclic) bond motifs is 1. The minimum Gasteiger partial charge on any atom is -0.494 e. The molecule has 0 spiro atoms. The van der Waals surface area contributed by atoms with E-state index in [4.69, 9.17) is 4.74 Å². The number of aromatic nitrogens is 2. The van der Waals surface area contributed by atoms with Gasteiger partial charge in [0.05, 0.1) is 17.5 Å². The van der Waals surface area contributed by atoms with Gasteiger partial charge in [0.1, 0.15) is 11.6 Å². The third kappa shape index (κ3) is 2.79. The van der Waals surface area contributed by atoms with E-state index in [1.807, 2.05) is 42.5 Å². The fourth-order valence-corrected chi connectivity index (χ4v) is 2.18. The van der Waals surface area contributed by atoms with Gasteiger partial charge in [0.25, 0.3) is 5.56 Å². The lowest BCUT2D eigenvalue weighted by atomic mass is 10.2. The molecule has 0 bridgehead atoms. The molecule has 0 aliphatic heterocycles. The van der Waals surface area contributed by atoms with Crippen LogP contribution in [0.1, 0.15) is 13.3 Å². The van der Waals surface area contributed by atoms with Crippen LogP contribution in [0.2, 0.25) is 0 Å². The molecule has 2 aromatic carbocycles. The van der Waals surface area contributed by atoms with Gasteiger partial charge in [0.2, 0.25) is 0 Å². The lowest BCUT2D eigenvalue weighted by molar-refractivity contribution is 0.317. The number of nitrogens with zero attached hydrogens (tertiary/aromatic N) is 1. The van der Waals surface area contributed by atoms with Crippen LogP contribution in [-0.4, -0.2) is 16.6 Å².